The molecule has 0 unspecified atom stereocenters. The minimum Gasteiger partial charge on any atom is -0.264 e. The van der Waals surface area contributed by atoms with E-state index in [0.29, 0.717) is 23.4 Å². The molecule has 0 bridgehead atoms. The first-order valence-corrected chi connectivity index (χ1v) is 12.1. The van der Waals surface area contributed by atoms with Gasteiger partial charge in [-0.3, -0.25) is 4.68 Å². The predicted octanol–water partition coefficient (Wildman–Crippen LogP) is 6.00. The van der Waals surface area contributed by atoms with E-state index in [4.69, 9.17) is 22.0 Å². The number of benzene rings is 1. The van der Waals surface area contributed by atoms with Gasteiger partial charge in [0, 0.05) is 24.6 Å². The highest BCUT2D eigenvalue weighted by atomic mass is 35.5. The molecule has 4 aromatic rings. The smallest absolute Gasteiger partial charge is 0.264 e. The number of aryl methyl sites for hydroxylation is 2. The van der Waals surface area contributed by atoms with E-state index in [1.807, 2.05) is 23.7 Å². The van der Waals surface area contributed by atoms with Crippen molar-refractivity contribution in [3.8, 4) is 23.1 Å². The Hall–Kier alpha value is -3.64. The van der Waals surface area contributed by atoms with E-state index in [1.165, 1.54) is 19.2 Å². The van der Waals surface area contributed by atoms with Gasteiger partial charge in [0.25, 0.3) is 6.43 Å². The molecule has 0 atom stereocenters. The van der Waals surface area contributed by atoms with Gasteiger partial charge < -0.3 is 0 Å². The van der Waals surface area contributed by atoms with Crippen LogP contribution in [0.25, 0.3) is 17.1 Å². The number of aromatic nitrogens is 6. The van der Waals surface area contributed by atoms with E-state index >= 15 is 0 Å². The summed E-state index contributed by atoms with van der Waals surface area (Å²) < 4.78 is 30.4. The Balaban J connectivity index is 1.49. The van der Waals surface area contributed by atoms with E-state index in [-0.39, 0.29) is 16.5 Å². The fourth-order valence-corrected chi connectivity index (χ4v) is 4.57. The van der Waals surface area contributed by atoms with Crippen molar-refractivity contribution in [1.29, 1.82) is 5.26 Å². The first-order chi connectivity index (χ1) is 17.4. The van der Waals surface area contributed by atoms with Gasteiger partial charge in [0.1, 0.15) is 12.0 Å². The minimum absolute atomic E-state index is 0.0672. The molecule has 10 heteroatoms. The van der Waals surface area contributed by atoms with Gasteiger partial charge in [0.2, 0.25) is 0 Å². The summed E-state index contributed by atoms with van der Waals surface area (Å²) in [6.45, 7) is 4.41. The number of nitrogens with zero attached hydrogens (tertiary/aromatic N) is 7. The number of hydrogen-bond acceptors (Lipinski definition) is 5. The monoisotopic (exact) mass is 507 g/mol. The maximum Gasteiger partial charge on any atom is 0.282 e. The molecule has 1 aromatic carbocycles. The molecular weight excluding hydrogens is 484 g/mol. The Morgan fingerprint density at radius 3 is 2.56 bits per heavy atom. The third-order valence-electron chi connectivity index (χ3n) is 6.52. The van der Waals surface area contributed by atoms with Crippen molar-refractivity contribution < 1.29 is 8.78 Å². The zero-order chi connectivity index (χ0) is 25.4. The molecule has 1 aliphatic carbocycles. The van der Waals surface area contributed by atoms with Gasteiger partial charge >= 0.3 is 0 Å². The topological polar surface area (TPSA) is 85.2 Å². The van der Waals surface area contributed by atoms with E-state index in [0.717, 1.165) is 46.1 Å². The Morgan fingerprint density at radius 1 is 1.14 bits per heavy atom. The van der Waals surface area contributed by atoms with Crippen molar-refractivity contribution in [3.05, 3.63) is 75.6 Å². The van der Waals surface area contributed by atoms with E-state index < -0.39 is 6.43 Å². The number of rotatable bonds is 8. The van der Waals surface area contributed by atoms with Crippen LogP contribution in [-0.2, 0) is 13.0 Å². The molecule has 0 N–H and O–H groups in total. The van der Waals surface area contributed by atoms with Crippen molar-refractivity contribution >= 4 is 11.6 Å². The average Bonchev–Trinajstić information content (AvgIpc) is 3.59. The van der Waals surface area contributed by atoms with Crippen molar-refractivity contribution in [2.45, 2.75) is 52.5 Å². The molecule has 184 valence electrons. The van der Waals surface area contributed by atoms with E-state index in [2.05, 4.69) is 21.1 Å². The van der Waals surface area contributed by atoms with Crippen LogP contribution in [0.15, 0.2) is 36.7 Å². The van der Waals surface area contributed by atoms with E-state index in [1.54, 1.807) is 25.1 Å². The number of hydrogen-bond donors (Lipinski definition) is 0. The zero-order valence-electron chi connectivity index (χ0n) is 19.9. The first kappa shape index (κ1) is 24.1. The van der Waals surface area contributed by atoms with Crippen LogP contribution in [0.5, 0.6) is 0 Å². The molecule has 3 heterocycles. The summed E-state index contributed by atoms with van der Waals surface area (Å²) in [6, 6.07) is 11.3. The van der Waals surface area contributed by atoms with Gasteiger partial charge in [-0.2, -0.15) is 15.5 Å². The lowest BCUT2D eigenvalue weighted by Gasteiger charge is -2.08. The molecule has 7 nitrogen and oxygen atoms in total. The lowest BCUT2D eigenvalue weighted by molar-refractivity contribution is 0.142. The summed E-state index contributed by atoms with van der Waals surface area (Å²) in [5, 5.41) is 18.2. The third-order valence-corrected chi connectivity index (χ3v) is 6.99. The Morgan fingerprint density at radius 2 is 1.89 bits per heavy atom. The van der Waals surface area contributed by atoms with Crippen molar-refractivity contribution in [3.63, 3.8) is 0 Å². The molecule has 1 aliphatic rings. The second-order valence-electron chi connectivity index (χ2n) is 9.11. The fraction of sp³-hybridized carbons (Fsp3) is 0.346. The molecule has 36 heavy (non-hydrogen) atoms. The Bertz CT molecular complexity index is 1450. The highest BCUT2D eigenvalue weighted by Gasteiger charge is 2.25. The quantitative estimate of drug-likeness (QED) is 0.292. The van der Waals surface area contributed by atoms with Gasteiger partial charge in [-0.1, -0.05) is 36.6 Å². The summed E-state index contributed by atoms with van der Waals surface area (Å²) in [4.78, 5) is 8.52. The van der Waals surface area contributed by atoms with Crippen molar-refractivity contribution in [1.82, 2.24) is 29.5 Å². The summed E-state index contributed by atoms with van der Waals surface area (Å²) in [5.74, 6) is 0.980. The van der Waals surface area contributed by atoms with Crippen LogP contribution in [0.1, 0.15) is 59.6 Å². The van der Waals surface area contributed by atoms with Crippen molar-refractivity contribution in [2.75, 3.05) is 0 Å². The van der Waals surface area contributed by atoms with Gasteiger partial charge in [-0.25, -0.2) is 23.4 Å². The first-order valence-electron chi connectivity index (χ1n) is 11.8. The number of nitriles is 1. The third kappa shape index (κ3) is 4.73. The largest absolute Gasteiger partial charge is 0.282 e. The molecule has 0 amide bonds. The molecule has 3 aromatic heterocycles. The van der Waals surface area contributed by atoms with Crippen LogP contribution < -0.4 is 0 Å². The summed E-state index contributed by atoms with van der Waals surface area (Å²) >= 11 is 6.07. The molecular formula is C26H24ClF2N7. The molecule has 1 fully saturated rings. The van der Waals surface area contributed by atoms with Crippen LogP contribution in [0, 0.1) is 31.1 Å². The molecule has 5 rings (SSSR count). The van der Waals surface area contributed by atoms with Crippen LogP contribution >= 0.6 is 11.6 Å². The normalized spacial score (nSPS) is 13.4. The summed E-state index contributed by atoms with van der Waals surface area (Å²) in [5.41, 5.74) is 5.02. The fourth-order valence-electron chi connectivity index (χ4n) is 4.37. The van der Waals surface area contributed by atoms with Crippen LogP contribution in [0.4, 0.5) is 8.78 Å². The van der Waals surface area contributed by atoms with Gasteiger partial charge in [-0.05, 0) is 43.9 Å². The maximum absolute atomic E-state index is 13.7. The minimum atomic E-state index is -2.79. The molecule has 0 radical (unpaired) electrons. The van der Waals surface area contributed by atoms with Crippen LogP contribution in [0.3, 0.4) is 0 Å². The molecule has 0 saturated heterocycles. The molecule has 1 saturated carbocycles. The number of halogens is 3. The molecule has 0 spiro atoms. The second-order valence-corrected chi connectivity index (χ2v) is 9.48. The van der Waals surface area contributed by atoms with Crippen LogP contribution in [-0.4, -0.2) is 29.5 Å². The Kier molecular flexibility index (Phi) is 6.54. The lowest BCUT2D eigenvalue weighted by Crippen LogP contribution is -2.07. The highest BCUT2D eigenvalue weighted by molar-refractivity contribution is 6.31. The SMILES string of the molecule is Cc1nn(-c2cc(Cc3nn(CCC4CC4)c(-c4ccc(C#N)cc4)c3C)ncn2)c(C(F)F)c1Cl. The maximum atomic E-state index is 13.7. The Labute approximate surface area is 212 Å². The van der Waals surface area contributed by atoms with Crippen molar-refractivity contribution in [2.24, 2.45) is 5.92 Å². The lowest BCUT2D eigenvalue weighted by atomic mass is 10.0. The molecule has 0 aliphatic heterocycles. The standard InChI is InChI=1S/C26H24ClF2N7/c1-15-21(11-20-12-22(32-14-31-20)36-25(26(28)29)23(27)16(2)33-36)34-35(10-9-17-3-4-17)24(15)19-7-5-18(13-30)6-8-19/h5-8,12,14,17,26H,3-4,9-11H2,1-2H3. The van der Waals surface area contributed by atoms with Gasteiger partial charge in [0.05, 0.1) is 39.4 Å². The average molecular weight is 508 g/mol. The van der Waals surface area contributed by atoms with Gasteiger partial charge in [0.15, 0.2) is 5.82 Å². The summed E-state index contributed by atoms with van der Waals surface area (Å²) in [6.07, 6.45) is 2.54. The summed E-state index contributed by atoms with van der Waals surface area (Å²) in [7, 11) is 0. The van der Waals surface area contributed by atoms with E-state index in [9.17, 15) is 8.78 Å². The second kappa shape index (κ2) is 9.78. The van der Waals surface area contributed by atoms with Gasteiger partial charge in [-0.15, -0.1) is 0 Å². The predicted molar refractivity (Wildman–Crippen MR) is 131 cm³/mol. The highest BCUT2D eigenvalue weighted by Crippen LogP contribution is 2.35. The zero-order valence-corrected chi connectivity index (χ0v) is 20.7. The number of alkyl halides is 2. The van der Waals surface area contributed by atoms with Crippen LogP contribution in [0.2, 0.25) is 5.02 Å².